The molecule has 3 heterocycles. The molecule has 1 aliphatic rings. The molecule has 1 unspecified atom stereocenters. The number of carbonyl (C=O) groups excluding carboxylic acids is 1. The van der Waals surface area contributed by atoms with Crippen molar-refractivity contribution in [2.75, 3.05) is 13.2 Å². The predicted molar refractivity (Wildman–Crippen MR) is 102 cm³/mol. The highest BCUT2D eigenvalue weighted by Crippen LogP contribution is 2.21. The van der Waals surface area contributed by atoms with E-state index in [1.165, 1.54) is 24.3 Å². The van der Waals surface area contributed by atoms with Crippen LogP contribution in [0.5, 0.6) is 0 Å². The molecule has 0 spiro atoms. The van der Waals surface area contributed by atoms with Crippen molar-refractivity contribution in [3.8, 4) is 0 Å². The Morgan fingerprint density at radius 3 is 2.93 bits per heavy atom. The number of amides is 1. The van der Waals surface area contributed by atoms with E-state index < -0.39 is 11.4 Å². The molecule has 4 rings (SSSR count). The minimum atomic E-state index is -0.469. The van der Waals surface area contributed by atoms with E-state index in [1.54, 1.807) is 11.1 Å². The lowest BCUT2D eigenvalue weighted by molar-refractivity contribution is 0.0505. The summed E-state index contributed by atoms with van der Waals surface area (Å²) in [5.74, 6) is -0.813. The fourth-order valence-corrected chi connectivity index (χ4v) is 3.51. The number of fused-ring (bicyclic) bond motifs is 1. The van der Waals surface area contributed by atoms with Gasteiger partial charge in [-0.25, -0.2) is 4.39 Å². The van der Waals surface area contributed by atoms with Gasteiger partial charge >= 0.3 is 0 Å². The molecule has 1 aromatic carbocycles. The van der Waals surface area contributed by atoms with Crippen LogP contribution in [0, 0.1) is 5.82 Å². The van der Waals surface area contributed by atoms with Gasteiger partial charge in [-0.15, -0.1) is 0 Å². The Morgan fingerprint density at radius 2 is 2.18 bits per heavy atom. The molecular formula is C21H20FN3O3. The van der Waals surface area contributed by atoms with E-state index >= 15 is 0 Å². The summed E-state index contributed by atoms with van der Waals surface area (Å²) in [4.78, 5) is 34.0. The maximum Gasteiger partial charge on any atom is 0.255 e. The second-order valence-corrected chi connectivity index (χ2v) is 6.88. The molecule has 1 N–H and O–H groups in total. The number of aromatic nitrogens is 2. The Hall–Kier alpha value is -3.06. The first-order valence-corrected chi connectivity index (χ1v) is 9.23. The van der Waals surface area contributed by atoms with Crippen LogP contribution < -0.4 is 5.56 Å². The van der Waals surface area contributed by atoms with Crippen LogP contribution in [-0.4, -0.2) is 40.0 Å². The number of hydrogen-bond donors (Lipinski definition) is 1. The summed E-state index contributed by atoms with van der Waals surface area (Å²) in [6.07, 6.45) is 3.44. The molecule has 7 heteroatoms. The second-order valence-electron chi connectivity index (χ2n) is 6.88. The summed E-state index contributed by atoms with van der Waals surface area (Å²) < 4.78 is 19.5. The van der Waals surface area contributed by atoms with Crippen molar-refractivity contribution in [1.82, 2.24) is 14.9 Å². The van der Waals surface area contributed by atoms with Gasteiger partial charge < -0.3 is 14.6 Å². The number of aromatic amines is 1. The van der Waals surface area contributed by atoms with Gasteiger partial charge in [0.2, 0.25) is 5.56 Å². The van der Waals surface area contributed by atoms with E-state index in [2.05, 4.69) is 9.97 Å². The van der Waals surface area contributed by atoms with Gasteiger partial charge in [-0.05, 0) is 43.2 Å². The van der Waals surface area contributed by atoms with Gasteiger partial charge in [0.15, 0.2) is 0 Å². The molecule has 1 aliphatic heterocycles. The van der Waals surface area contributed by atoms with Crippen molar-refractivity contribution >= 4 is 16.8 Å². The smallest absolute Gasteiger partial charge is 0.255 e. The third kappa shape index (κ3) is 3.94. The lowest BCUT2D eigenvalue weighted by Gasteiger charge is -2.25. The van der Waals surface area contributed by atoms with E-state index in [-0.39, 0.29) is 24.1 Å². The Morgan fingerprint density at radius 1 is 1.29 bits per heavy atom. The monoisotopic (exact) mass is 381 g/mol. The summed E-state index contributed by atoms with van der Waals surface area (Å²) in [5, 5.41) is 0.378. The highest BCUT2D eigenvalue weighted by Gasteiger charge is 2.25. The number of pyridine rings is 2. The van der Waals surface area contributed by atoms with E-state index in [0.29, 0.717) is 24.1 Å². The molecule has 6 nitrogen and oxygen atoms in total. The molecule has 0 radical (unpaired) electrons. The first kappa shape index (κ1) is 18.3. The summed E-state index contributed by atoms with van der Waals surface area (Å²) in [7, 11) is 0. The average molecular weight is 381 g/mol. The lowest BCUT2D eigenvalue weighted by Crippen LogP contribution is -2.37. The maximum absolute atomic E-state index is 13.8. The van der Waals surface area contributed by atoms with Crippen LogP contribution >= 0.6 is 0 Å². The standard InChI is InChI=1S/C21H20FN3O3/c22-14-6-7-19-17(10-14)18(11-20(26)24-19)21(27)25(13-16-5-3-9-28-16)12-15-4-1-2-8-23-15/h1-2,4,6-8,10-11,16H,3,5,9,12-13H2,(H,24,26). The van der Waals surface area contributed by atoms with Crippen molar-refractivity contribution in [1.29, 1.82) is 0 Å². The molecule has 1 saturated heterocycles. The molecule has 3 aromatic rings. The highest BCUT2D eigenvalue weighted by molar-refractivity contribution is 6.05. The van der Waals surface area contributed by atoms with Crippen molar-refractivity contribution in [2.24, 2.45) is 0 Å². The van der Waals surface area contributed by atoms with E-state index in [4.69, 9.17) is 4.74 Å². The van der Waals surface area contributed by atoms with Crippen LogP contribution in [0.1, 0.15) is 28.9 Å². The summed E-state index contributed by atoms with van der Waals surface area (Å²) in [6, 6.07) is 10.7. The Kier molecular flexibility index (Phi) is 5.16. The molecule has 1 fully saturated rings. The van der Waals surface area contributed by atoms with Crippen molar-refractivity contribution < 1.29 is 13.9 Å². The number of halogens is 1. The molecule has 2 aromatic heterocycles. The normalized spacial score (nSPS) is 16.4. The highest BCUT2D eigenvalue weighted by atomic mass is 19.1. The van der Waals surface area contributed by atoms with Gasteiger partial charge in [-0.3, -0.25) is 14.6 Å². The zero-order valence-electron chi connectivity index (χ0n) is 15.2. The van der Waals surface area contributed by atoms with Crippen molar-refractivity contribution in [3.05, 3.63) is 76.1 Å². The quantitative estimate of drug-likeness (QED) is 0.737. The number of nitrogens with zero attached hydrogens (tertiary/aromatic N) is 2. The first-order chi connectivity index (χ1) is 13.6. The van der Waals surface area contributed by atoms with Crippen molar-refractivity contribution in [2.45, 2.75) is 25.5 Å². The number of hydrogen-bond acceptors (Lipinski definition) is 4. The van der Waals surface area contributed by atoms with Gasteiger partial charge in [-0.1, -0.05) is 6.07 Å². The Balaban J connectivity index is 1.73. The van der Waals surface area contributed by atoms with Gasteiger partial charge in [0, 0.05) is 36.3 Å². The maximum atomic E-state index is 13.8. The number of carbonyl (C=O) groups is 1. The van der Waals surface area contributed by atoms with Crippen LogP contribution in [-0.2, 0) is 11.3 Å². The Bertz CT molecular complexity index is 1050. The molecule has 0 aliphatic carbocycles. The van der Waals surface area contributed by atoms with E-state index in [9.17, 15) is 14.0 Å². The van der Waals surface area contributed by atoms with E-state index in [0.717, 1.165) is 18.5 Å². The molecule has 1 amide bonds. The predicted octanol–water partition coefficient (Wildman–Crippen LogP) is 2.88. The largest absolute Gasteiger partial charge is 0.376 e. The van der Waals surface area contributed by atoms with Gasteiger partial charge in [0.1, 0.15) is 5.82 Å². The van der Waals surface area contributed by atoms with Gasteiger partial charge in [-0.2, -0.15) is 0 Å². The van der Waals surface area contributed by atoms with Crippen molar-refractivity contribution in [3.63, 3.8) is 0 Å². The molecule has 0 saturated carbocycles. The number of ether oxygens (including phenoxy) is 1. The topological polar surface area (TPSA) is 75.3 Å². The van der Waals surface area contributed by atoms with E-state index in [1.807, 2.05) is 18.2 Å². The van der Waals surface area contributed by atoms with Crippen LogP contribution in [0.2, 0.25) is 0 Å². The van der Waals surface area contributed by atoms with Gasteiger partial charge in [0.25, 0.3) is 5.91 Å². The molecule has 144 valence electrons. The third-order valence-corrected chi connectivity index (χ3v) is 4.85. The number of benzene rings is 1. The number of H-pyrrole nitrogens is 1. The average Bonchev–Trinajstić information content (AvgIpc) is 3.20. The van der Waals surface area contributed by atoms with Gasteiger partial charge in [0.05, 0.1) is 23.9 Å². The minimum absolute atomic E-state index is 0.0577. The summed E-state index contributed by atoms with van der Waals surface area (Å²) in [6.45, 7) is 1.34. The van der Waals surface area contributed by atoms with Crippen LogP contribution in [0.3, 0.4) is 0 Å². The van der Waals surface area contributed by atoms with Crippen LogP contribution in [0.25, 0.3) is 10.9 Å². The first-order valence-electron chi connectivity index (χ1n) is 9.23. The lowest BCUT2D eigenvalue weighted by atomic mass is 10.1. The number of rotatable bonds is 5. The zero-order chi connectivity index (χ0) is 19.5. The minimum Gasteiger partial charge on any atom is -0.376 e. The van der Waals surface area contributed by atoms with Crippen LogP contribution in [0.4, 0.5) is 4.39 Å². The Labute approximate surface area is 161 Å². The SMILES string of the molecule is O=C(c1cc(=O)[nH]c2ccc(F)cc12)N(Cc1ccccn1)CC1CCCO1. The molecule has 28 heavy (non-hydrogen) atoms. The molecule has 0 bridgehead atoms. The third-order valence-electron chi connectivity index (χ3n) is 4.85. The number of nitrogens with one attached hydrogen (secondary N) is 1. The fourth-order valence-electron chi connectivity index (χ4n) is 3.51. The fraction of sp³-hybridized carbons (Fsp3) is 0.286. The zero-order valence-corrected chi connectivity index (χ0v) is 15.2. The summed E-state index contributed by atoms with van der Waals surface area (Å²) in [5.41, 5.74) is 0.922. The van der Waals surface area contributed by atoms with Crippen LogP contribution in [0.15, 0.2) is 53.5 Å². The summed E-state index contributed by atoms with van der Waals surface area (Å²) >= 11 is 0. The molecular weight excluding hydrogens is 361 g/mol. The second kappa shape index (κ2) is 7.90. The molecule has 1 atom stereocenters.